The number of hydrogen-bond donors (Lipinski definition) is 1. The molecule has 0 aromatic heterocycles. The second-order valence-electron chi connectivity index (χ2n) is 4.12. The number of ether oxygens (including phenoxy) is 2. The molecule has 19 heavy (non-hydrogen) atoms. The maximum absolute atomic E-state index is 5.98. The van der Waals surface area contributed by atoms with Gasteiger partial charge < -0.3 is 14.8 Å². The average Bonchev–Trinajstić information content (AvgIpc) is 2.44. The van der Waals surface area contributed by atoms with Gasteiger partial charge >= 0.3 is 0 Å². The van der Waals surface area contributed by atoms with E-state index < -0.39 is 0 Å². The summed E-state index contributed by atoms with van der Waals surface area (Å²) < 4.78 is 11.5. The number of para-hydroxylation sites is 3. The maximum atomic E-state index is 5.98. The first kappa shape index (κ1) is 13.4. The Hall–Kier alpha value is -2.00. The van der Waals surface area contributed by atoms with Crippen molar-refractivity contribution in [1.82, 2.24) is 5.32 Å². The van der Waals surface area contributed by atoms with Gasteiger partial charge in [-0.3, -0.25) is 0 Å². The molecule has 0 heterocycles. The van der Waals surface area contributed by atoms with Crippen LogP contribution in [0.5, 0.6) is 17.2 Å². The molecule has 0 saturated carbocycles. The summed E-state index contributed by atoms with van der Waals surface area (Å²) in [7, 11) is 1.92. The Kier molecular flexibility index (Phi) is 4.81. The van der Waals surface area contributed by atoms with Gasteiger partial charge in [-0.1, -0.05) is 30.3 Å². The van der Waals surface area contributed by atoms with Crippen LogP contribution in [0.3, 0.4) is 0 Å². The van der Waals surface area contributed by atoms with Crippen LogP contribution >= 0.6 is 0 Å². The Bertz CT molecular complexity index is 478. The third-order valence-corrected chi connectivity index (χ3v) is 2.71. The first-order valence-corrected chi connectivity index (χ1v) is 6.47. The Morgan fingerprint density at radius 2 is 1.53 bits per heavy atom. The van der Waals surface area contributed by atoms with Crippen molar-refractivity contribution in [2.24, 2.45) is 0 Å². The minimum atomic E-state index is 0.624. The zero-order valence-electron chi connectivity index (χ0n) is 11.3. The molecule has 2 aromatic carbocycles. The highest BCUT2D eigenvalue weighted by atomic mass is 16.5. The van der Waals surface area contributed by atoms with Gasteiger partial charge in [-0.2, -0.15) is 0 Å². The minimum Gasteiger partial charge on any atom is -0.490 e. The number of benzene rings is 2. The summed E-state index contributed by atoms with van der Waals surface area (Å²) in [5.74, 6) is 2.36. The molecule has 3 heteroatoms. The summed E-state index contributed by atoms with van der Waals surface area (Å²) >= 11 is 0. The van der Waals surface area contributed by atoms with E-state index in [2.05, 4.69) is 11.4 Å². The van der Waals surface area contributed by atoms with Crippen LogP contribution in [0.25, 0.3) is 0 Å². The van der Waals surface area contributed by atoms with Crippen LogP contribution in [0.2, 0.25) is 0 Å². The third-order valence-electron chi connectivity index (χ3n) is 2.71. The molecule has 0 aliphatic carbocycles. The van der Waals surface area contributed by atoms with Crippen LogP contribution in [0, 0.1) is 0 Å². The monoisotopic (exact) mass is 257 g/mol. The molecule has 0 unspecified atom stereocenters. The van der Waals surface area contributed by atoms with Crippen molar-refractivity contribution in [3.63, 3.8) is 0 Å². The highest BCUT2D eigenvalue weighted by Crippen LogP contribution is 2.32. The fourth-order valence-corrected chi connectivity index (χ4v) is 1.87. The molecular formula is C16H19NO2. The Balaban J connectivity index is 2.25. The van der Waals surface area contributed by atoms with Crippen molar-refractivity contribution in [1.29, 1.82) is 0 Å². The summed E-state index contributed by atoms with van der Waals surface area (Å²) in [5.41, 5.74) is 1.12. The van der Waals surface area contributed by atoms with Crippen LogP contribution in [0.4, 0.5) is 0 Å². The van der Waals surface area contributed by atoms with Crippen molar-refractivity contribution < 1.29 is 9.47 Å². The van der Waals surface area contributed by atoms with Gasteiger partial charge in [0.25, 0.3) is 0 Å². The van der Waals surface area contributed by atoms with Crippen molar-refractivity contribution in [3.05, 3.63) is 54.1 Å². The van der Waals surface area contributed by atoms with Gasteiger partial charge in [0.05, 0.1) is 6.61 Å². The van der Waals surface area contributed by atoms with Crippen molar-refractivity contribution in [2.75, 3.05) is 13.7 Å². The lowest BCUT2D eigenvalue weighted by Gasteiger charge is -2.14. The van der Waals surface area contributed by atoms with E-state index in [-0.39, 0.29) is 0 Å². The van der Waals surface area contributed by atoms with Crippen LogP contribution in [0.15, 0.2) is 48.5 Å². The van der Waals surface area contributed by atoms with Crippen molar-refractivity contribution in [2.45, 2.75) is 13.5 Å². The average molecular weight is 257 g/mol. The normalized spacial score (nSPS) is 10.2. The fraction of sp³-hybridized carbons (Fsp3) is 0.250. The molecule has 0 bridgehead atoms. The first-order valence-electron chi connectivity index (χ1n) is 6.47. The van der Waals surface area contributed by atoms with Crippen molar-refractivity contribution >= 4 is 0 Å². The van der Waals surface area contributed by atoms with Gasteiger partial charge in [0.2, 0.25) is 0 Å². The van der Waals surface area contributed by atoms with Gasteiger partial charge in [-0.15, -0.1) is 0 Å². The lowest BCUT2D eigenvalue weighted by Crippen LogP contribution is -2.06. The second-order valence-corrected chi connectivity index (χ2v) is 4.12. The zero-order valence-corrected chi connectivity index (χ0v) is 11.3. The quantitative estimate of drug-likeness (QED) is 0.857. The van der Waals surface area contributed by atoms with E-state index in [1.54, 1.807) is 0 Å². The molecule has 3 nitrogen and oxygen atoms in total. The molecule has 0 amide bonds. The summed E-state index contributed by atoms with van der Waals surface area (Å²) in [6, 6.07) is 15.7. The number of hydrogen-bond acceptors (Lipinski definition) is 3. The van der Waals surface area contributed by atoms with E-state index in [0.29, 0.717) is 6.61 Å². The SMILES string of the molecule is CCOc1ccccc1Oc1ccccc1CNC. The van der Waals surface area contributed by atoms with Gasteiger partial charge in [0, 0.05) is 12.1 Å². The fourth-order valence-electron chi connectivity index (χ4n) is 1.87. The van der Waals surface area contributed by atoms with E-state index in [1.165, 1.54) is 0 Å². The van der Waals surface area contributed by atoms with Gasteiger partial charge in [-0.05, 0) is 32.2 Å². The van der Waals surface area contributed by atoms with E-state index >= 15 is 0 Å². The molecule has 1 N–H and O–H groups in total. The molecule has 0 saturated heterocycles. The molecule has 0 radical (unpaired) electrons. The minimum absolute atomic E-state index is 0.624. The molecule has 2 aromatic rings. The number of nitrogens with one attached hydrogen (secondary N) is 1. The number of rotatable bonds is 6. The predicted octanol–water partition coefficient (Wildman–Crippen LogP) is 3.60. The van der Waals surface area contributed by atoms with Crippen LogP contribution < -0.4 is 14.8 Å². The molecule has 2 rings (SSSR count). The predicted molar refractivity (Wildman–Crippen MR) is 76.9 cm³/mol. The Morgan fingerprint density at radius 1 is 0.895 bits per heavy atom. The molecule has 0 atom stereocenters. The lowest BCUT2D eigenvalue weighted by molar-refractivity contribution is 0.321. The van der Waals surface area contributed by atoms with Crippen LogP contribution in [-0.2, 0) is 6.54 Å². The lowest BCUT2D eigenvalue weighted by atomic mass is 10.2. The summed E-state index contributed by atoms with van der Waals surface area (Å²) in [4.78, 5) is 0. The van der Waals surface area contributed by atoms with E-state index in [4.69, 9.17) is 9.47 Å². The molecule has 100 valence electrons. The molecule has 0 fully saturated rings. The second kappa shape index (κ2) is 6.81. The smallest absolute Gasteiger partial charge is 0.169 e. The van der Waals surface area contributed by atoms with Crippen LogP contribution in [0.1, 0.15) is 12.5 Å². The van der Waals surface area contributed by atoms with Gasteiger partial charge in [0.1, 0.15) is 5.75 Å². The van der Waals surface area contributed by atoms with Crippen molar-refractivity contribution in [3.8, 4) is 17.2 Å². The van der Waals surface area contributed by atoms with Gasteiger partial charge in [0.15, 0.2) is 11.5 Å². The zero-order chi connectivity index (χ0) is 13.5. The molecule has 0 spiro atoms. The maximum Gasteiger partial charge on any atom is 0.169 e. The topological polar surface area (TPSA) is 30.5 Å². The van der Waals surface area contributed by atoms with Crippen LogP contribution in [-0.4, -0.2) is 13.7 Å². The molecule has 0 aliphatic heterocycles. The first-order chi connectivity index (χ1) is 9.35. The van der Waals surface area contributed by atoms with E-state index in [0.717, 1.165) is 29.4 Å². The highest BCUT2D eigenvalue weighted by molar-refractivity contribution is 5.44. The van der Waals surface area contributed by atoms with Gasteiger partial charge in [-0.25, -0.2) is 0 Å². The standard InChI is InChI=1S/C16H19NO2/c1-3-18-15-10-6-7-11-16(15)19-14-9-5-4-8-13(14)12-17-2/h4-11,17H,3,12H2,1-2H3. The molecular weight excluding hydrogens is 238 g/mol. The Morgan fingerprint density at radius 3 is 2.21 bits per heavy atom. The largest absolute Gasteiger partial charge is 0.490 e. The Labute approximate surface area is 114 Å². The third kappa shape index (κ3) is 3.48. The summed E-state index contributed by atoms with van der Waals surface area (Å²) in [5, 5.41) is 3.14. The van der Waals surface area contributed by atoms with E-state index in [1.807, 2.05) is 56.4 Å². The molecule has 0 aliphatic rings. The van der Waals surface area contributed by atoms with E-state index in [9.17, 15) is 0 Å². The summed E-state index contributed by atoms with van der Waals surface area (Å²) in [6.07, 6.45) is 0. The highest BCUT2D eigenvalue weighted by Gasteiger charge is 2.07. The summed E-state index contributed by atoms with van der Waals surface area (Å²) in [6.45, 7) is 3.36.